The highest BCUT2D eigenvalue weighted by Crippen LogP contribution is 2.39. The first-order chi connectivity index (χ1) is 9.22. The summed E-state index contributed by atoms with van der Waals surface area (Å²) in [6.45, 7) is 0. The molecule has 3 nitrogen and oxygen atoms in total. The lowest BCUT2D eigenvalue weighted by atomic mass is 9.92. The topological polar surface area (TPSA) is 54.4 Å². The summed E-state index contributed by atoms with van der Waals surface area (Å²) in [4.78, 5) is 22.2. The van der Waals surface area contributed by atoms with Crippen LogP contribution in [-0.4, -0.2) is 17.4 Å². The number of fused-ring (bicyclic) bond motifs is 3. The van der Waals surface area contributed by atoms with Crippen molar-refractivity contribution in [3.8, 4) is 11.1 Å². The van der Waals surface area contributed by atoms with Gasteiger partial charge in [0.2, 0.25) is 0 Å². The molecule has 3 rings (SSSR count). The van der Waals surface area contributed by atoms with E-state index in [2.05, 4.69) is 0 Å². The van der Waals surface area contributed by atoms with E-state index >= 15 is 0 Å². The summed E-state index contributed by atoms with van der Waals surface area (Å²) < 4.78 is 0. The van der Waals surface area contributed by atoms with Gasteiger partial charge in [0.15, 0.2) is 0 Å². The zero-order valence-corrected chi connectivity index (χ0v) is 10.2. The van der Waals surface area contributed by atoms with Crippen molar-refractivity contribution in [2.24, 2.45) is 0 Å². The van der Waals surface area contributed by atoms with Crippen LogP contribution < -0.4 is 0 Å². The Hall–Kier alpha value is -2.42. The van der Waals surface area contributed by atoms with E-state index in [0.29, 0.717) is 18.3 Å². The molecule has 1 atom stereocenters. The molecule has 0 saturated heterocycles. The Labute approximate surface area is 110 Å². The van der Waals surface area contributed by atoms with Gasteiger partial charge < -0.3 is 9.90 Å². The summed E-state index contributed by atoms with van der Waals surface area (Å²) in [5, 5.41) is 9.14. The van der Waals surface area contributed by atoms with E-state index in [1.54, 1.807) is 6.07 Å². The Morgan fingerprint density at radius 1 is 1.11 bits per heavy atom. The van der Waals surface area contributed by atoms with E-state index in [4.69, 9.17) is 5.11 Å². The van der Waals surface area contributed by atoms with E-state index in [1.807, 2.05) is 36.4 Å². The molecular weight excluding hydrogens is 240 g/mol. The molecule has 0 aliphatic heterocycles. The molecule has 3 heteroatoms. The Bertz CT molecular complexity index is 673. The molecule has 19 heavy (non-hydrogen) atoms. The molecule has 0 heterocycles. The second kappa shape index (κ2) is 4.35. The molecule has 1 aliphatic rings. The number of carboxylic acid groups (broad SMARTS) is 1. The Kier molecular flexibility index (Phi) is 2.67. The standard InChI is InChI=1S/C16H12O3/c17-9-15(16(18)19)13-7-3-6-12-11-5-2-1-4-10(11)8-14(12)13/h1-7,9,15H,8H2,(H,18,19). The van der Waals surface area contributed by atoms with E-state index in [9.17, 15) is 9.59 Å². The van der Waals surface area contributed by atoms with Gasteiger partial charge in [-0.15, -0.1) is 0 Å². The summed E-state index contributed by atoms with van der Waals surface area (Å²) in [5.41, 5.74) is 4.93. The van der Waals surface area contributed by atoms with Crippen LogP contribution in [0.2, 0.25) is 0 Å². The number of hydrogen-bond acceptors (Lipinski definition) is 2. The highest BCUT2D eigenvalue weighted by Gasteiger charge is 2.27. The lowest BCUT2D eigenvalue weighted by Crippen LogP contribution is -2.14. The summed E-state index contributed by atoms with van der Waals surface area (Å²) >= 11 is 0. The summed E-state index contributed by atoms with van der Waals surface area (Å²) in [7, 11) is 0. The first kappa shape index (κ1) is 11.7. The lowest BCUT2D eigenvalue weighted by molar-refractivity contribution is -0.140. The van der Waals surface area contributed by atoms with Gasteiger partial charge in [0.25, 0.3) is 0 Å². The third-order valence-corrected chi connectivity index (χ3v) is 3.62. The van der Waals surface area contributed by atoms with Crippen LogP contribution >= 0.6 is 0 Å². The number of aliphatic carboxylic acids is 1. The minimum absolute atomic E-state index is 0.501. The minimum atomic E-state index is -1.10. The zero-order chi connectivity index (χ0) is 13.4. The molecule has 0 saturated carbocycles. The van der Waals surface area contributed by atoms with Gasteiger partial charge in [-0.25, -0.2) is 0 Å². The largest absolute Gasteiger partial charge is 0.480 e. The van der Waals surface area contributed by atoms with Crippen molar-refractivity contribution >= 4 is 12.3 Å². The van der Waals surface area contributed by atoms with Crippen LogP contribution in [0, 0.1) is 0 Å². The van der Waals surface area contributed by atoms with Crippen molar-refractivity contribution in [2.75, 3.05) is 0 Å². The minimum Gasteiger partial charge on any atom is -0.480 e. The molecule has 2 aromatic rings. The molecule has 1 N–H and O–H groups in total. The number of carbonyl (C=O) groups is 2. The van der Waals surface area contributed by atoms with Crippen LogP contribution in [0.3, 0.4) is 0 Å². The average molecular weight is 252 g/mol. The number of hydrogen-bond donors (Lipinski definition) is 1. The van der Waals surface area contributed by atoms with Gasteiger partial charge >= 0.3 is 5.97 Å². The zero-order valence-electron chi connectivity index (χ0n) is 10.2. The molecule has 2 aromatic carbocycles. The fourth-order valence-corrected chi connectivity index (χ4v) is 2.74. The lowest BCUT2D eigenvalue weighted by Gasteiger charge is -2.11. The Morgan fingerprint density at radius 2 is 1.84 bits per heavy atom. The summed E-state index contributed by atoms with van der Waals surface area (Å²) in [5.74, 6) is -2.18. The third-order valence-electron chi connectivity index (χ3n) is 3.62. The fourth-order valence-electron chi connectivity index (χ4n) is 2.74. The molecule has 94 valence electrons. The van der Waals surface area contributed by atoms with Gasteiger partial charge in [-0.1, -0.05) is 42.5 Å². The molecule has 1 unspecified atom stereocenters. The van der Waals surface area contributed by atoms with Crippen molar-refractivity contribution in [2.45, 2.75) is 12.3 Å². The van der Waals surface area contributed by atoms with Crippen LogP contribution in [0.1, 0.15) is 22.6 Å². The Balaban J connectivity index is 2.18. The van der Waals surface area contributed by atoms with Crippen molar-refractivity contribution in [1.29, 1.82) is 0 Å². The van der Waals surface area contributed by atoms with Gasteiger partial charge in [0, 0.05) is 0 Å². The average Bonchev–Trinajstić information content (AvgIpc) is 2.79. The third kappa shape index (κ3) is 1.74. The van der Waals surface area contributed by atoms with Gasteiger partial charge in [-0.2, -0.15) is 0 Å². The second-order valence-electron chi connectivity index (χ2n) is 4.66. The number of rotatable bonds is 3. The molecule has 0 spiro atoms. The van der Waals surface area contributed by atoms with Crippen molar-refractivity contribution < 1.29 is 14.7 Å². The second-order valence-corrected chi connectivity index (χ2v) is 4.66. The van der Waals surface area contributed by atoms with Crippen molar-refractivity contribution in [3.63, 3.8) is 0 Å². The van der Waals surface area contributed by atoms with E-state index in [1.165, 1.54) is 5.56 Å². The summed E-state index contributed by atoms with van der Waals surface area (Å²) in [6, 6.07) is 13.5. The van der Waals surface area contributed by atoms with Gasteiger partial charge in [0.05, 0.1) is 0 Å². The predicted octanol–water partition coefficient (Wildman–Crippen LogP) is 2.62. The van der Waals surface area contributed by atoms with Crippen LogP contribution in [0.25, 0.3) is 11.1 Å². The van der Waals surface area contributed by atoms with E-state index in [-0.39, 0.29) is 0 Å². The number of benzene rings is 2. The molecule has 0 radical (unpaired) electrons. The van der Waals surface area contributed by atoms with Gasteiger partial charge in [-0.3, -0.25) is 4.79 Å². The fraction of sp³-hybridized carbons (Fsp3) is 0.125. The first-order valence-electron chi connectivity index (χ1n) is 6.10. The SMILES string of the molecule is O=CC(C(=O)O)c1cccc2c1Cc1ccccc1-2. The molecule has 0 amide bonds. The maximum Gasteiger partial charge on any atom is 0.318 e. The normalized spacial score (nSPS) is 13.5. The highest BCUT2D eigenvalue weighted by molar-refractivity contribution is 5.94. The monoisotopic (exact) mass is 252 g/mol. The van der Waals surface area contributed by atoms with Crippen LogP contribution in [-0.2, 0) is 16.0 Å². The van der Waals surface area contributed by atoms with Crippen LogP contribution in [0.4, 0.5) is 0 Å². The van der Waals surface area contributed by atoms with Crippen molar-refractivity contribution in [1.82, 2.24) is 0 Å². The van der Waals surface area contributed by atoms with Gasteiger partial charge in [-0.05, 0) is 34.2 Å². The maximum absolute atomic E-state index is 11.2. The molecule has 0 fully saturated rings. The molecule has 1 aliphatic carbocycles. The molecular formula is C16H12O3. The molecule has 0 aromatic heterocycles. The number of aldehydes is 1. The van der Waals surface area contributed by atoms with Crippen LogP contribution in [0.5, 0.6) is 0 Å². The van der Waals surface area contributed by atoms with E-state index < -0.39 is 11.9 Å². The smallest absolute Gasteiger partial charge is 0.318 e. The maximum atomic E-state index is 11.2. The predicted molar refractivity (Wildman–Crippen MR) is 71.1 cm³/mol. The number of carbonyl (C=O) groups excluding carboxylic acids is 1. The van der Waals surface area contributed by atoms with Crippen molar-refractivity contribution in [3.05, 3.63) is 59.2 Å². The Morgan fingerprint density at radius 3 is 2.58 bits per heavy atom. The van der Waals surface area contributed by atoms with Crippen LogP contribution in [0.15, 0.2) is 42.5 Å². The van der Waals surface area contributed by atoms with Gasteiger partial charge in [0.1, 0.15) is 12.2 Å². The molecule has 0 bridgehead atoms. The first-order valence-corrected chi connectivity index (χ1v) is 6.10. The quantitative estimate of drug-likeness (QED) is 0.576. The number of carboxylic acids is 1. The van der Waals surface area contributed by atoms with E-state index in [0.717, 1.165) is 16.7 Å². The highest BCUT2D eigenvalue weighted by atomic mass is 16.4. The summed E-state index contributed by atoms with van der Waals surface area (Å²) in [6.07, 6.45) is 1.19.